The van der Waals surface area contributed by atoms with Crippen molar-refractivity contribution in [3.8, 4) is 0 Å². The average molecular weight is 284 g/mol. The maximum absolute atomic E-state index is 5.94. The van der Waals surface area contributed by atoms with Gasteiger partial charge in [-0.25, -0.2) is 0 Å². The normalized spacial score (nSPS) is 20.5. The van der Waals surface area contributed by atoms with Crippen molar-refractivity contribution in [3.05, 3.63) is 42.2 Å². The van der Waals surface area contributed by atoms with Crippen LogP contribution in [0.15, 0.2) is 36.7 Å². The monoisotopic (exact) mass is 284 g/mol. The average Bonchev–Trinajstić information content (AvgIpc) is 2.55. The molecule has 1 saturated heterocycles. The Kier molecular flexibility index (Phi) is 4.84. The number of hydrogen-bond donors (Lipinski definition) is 1. The van der Waals surface area contributed by atoms with E-state index in [-0.39, 0.29) is 0 Å². The lowest BCUT2D eigenvalue weighted by Gasteiger charge is -2.28. The predicted octanol–water partition coefficient (Wildman–Crippen LogP) is 3.84. The van der Waals surface area contributed by atoms with Crippen LogP contribution < -0.4 is 5.32 Å². The Morgan fingerprint density at radius 3 is 3.10 bits per heavy atom. The van der Waals surface area contributed by atoms with Gasteiger partial charge in [0, 0.05) is 30.4 Å². The predicted molar refractivity (Wildman–Crippen MR) is 86.4 cm³/mol. The highest BCUT2D eigenvalue weighted by Crippen LogP contribution is 2.29. The van der Waals surface area contributed by atoms with Crippen LogP contribution in [0.2, 0.25) is 0 Å². The number of hydrogen-bond acceptors (Lipinski definition) is 3. The fraction of sp³-hybridized carbons (Fsp3) is 0.500. The Balaban J connectivity index is 1.87. The summed E-state index contributed by atoms with van der Waals surface area (Å²) in [5.41, 5.74) is 1.37. The van der Waals surface area contributed by atoms with Gasteiger partial charge >= 0.3 is 0 Å². The van der Waals surface area contributed by atoms with E-state index in [0.29, 0.717) is 12.1 Å². The Hall–Kier alpha value is -1.45. The third-order valence-electron chi connectivity index (χ3n) is 4.31. The molecule has 0 radical (unpaired) electrons. The first-order valence-electron chi connectivity index (χ1n) is 8.06. The van der Waals surface area contributed by atoms with Gasteiger partial charge in [0.1, 0.15) is 0 Å². The minimum Gasteiger partial charge on any atom is -0.378 e. The molecule has 1 aliphatic heterocycles. The molecule has 2 heterocycles. The molecule has 2 unspecified atom stereocenters. The molecule has 0 aliphatic carbocycles. The van der Waals surface area contributed by atoms with Gasteiger partial charge in [0.05, 0.1) is 6.10 Å². The molecule has 112 valence electrons. The molecular formula is C18H24N2O. The van der Waals surface area contributed by atoms with Crippen LogP contribution >= 0.6 is 0 Å². The highest BCUT2D eigenvalue weighted by Gasteiger charge is 2.21. The summed E-state index contributed by atoms with van der Waals surface area (Å²) < 4.78 is 5.94. The third-order valence-corrected chi connectivity index (χ3v) is 4.31. The van der Waals surface area contributed by atoms with E-state index in [1.165, 1.54) is 35.6 Å². The highest BCUT2D eigenvalue weighted by atomic mass is 16.5. The number of benzene rings is 1. The highest BCUT2D eigenvalue weighted by molar-refractivity contribution is 5.85. The van der Waals surface area contributed by atoms with Crippen LogP contribution in [0.5, 0.6) is 0 Å². The first-order valence-corrected chi connectivity index (χ1v) is 8.06. The molecule has 0 spiro atoms. The summed E-state index contributed by atoms with van der Waals surface area (Å²) in [7, 11) is 0. The Labute approximate surface area is 126 Å². The van der Waals surface area contributed by atoms with Gasteiger partial charge in [-0.05, 0) is 49.2 Å². The molecule has 3 rings (SSSR count). The topological polar surface area (TPSA) is 34.1 Å². The van der Waals surface area contributed by atoms with Crippen molar-refractivity contribution in [1.29, 1.82) is 0 Å². The van der Waals surface area contributed by atoms with Crippen molar-refractivity contribution in [2.45, 2.75) is 44.8 Å². The number of pyridine rings is 1. The number of nitrogens with one attached hydrogen (secondary N) is 1. The van der Waals surface area contributed by atoms with E-state index in [9.17, 15) is 0 Å². The Morgan fingerprint density at radius 1 is 1.33 bits per heavy atom. The van der Waals surface area contributed by atoms with E-state index in [1.807, 2.05) is 12.4 Å². The zero-order valence-corrected chi connectivity index (χ0v) is 12.7. The van der Waals surface area contributed by atoms with Crippen molar-refractivity contribution in [2.75, 3.05) is 13.2 Å². The molecule has 1 aliphatic rings. The zero-order chi connectivity index (χ0) is 14.5. The number of fused-ring (bicyclic) bond motifs is 1. The molecule has 0 bridgehead atoms. The summed E-state index contributed by atoms with van der Waals surface area (Å²) in [5, 5.41) is 6.15. The minimum absolute atomic E-state index is 0.351. The number of aromatic nitrogens is 1. The minimum atomic E-state index is 0.351. The lowest BCUT2D eigenvalue weighted by molar-refractivity contribution is 0.00522. The smallest absolute Gasteiger partial charge is 0.0593 e. The van der Waals surface area contributed by atoms with E-state index < -0.39 is 0 Å². The second kappa shape index (κ2) is 7.01. The van der Waals surface area contributed by atoms with E-state index in [1.54, 1.807) is 0 Å². The first kappa shape index (κ1) is 14.5. The lowest BCUT2D eigenvalue weighted by Crippen LogP contribution is -2.28. The van der Waals surface area contributed by atoms with E-state index in [0.717, 1.165) is 19.6 Å². The molecule has 3 nitrogen and oxygen atoms in total. The van der Waals surface area contributed by atoms with Gasteiger partial charge in [0.2, 0.25) is 0 Å². The first-order chi connectivity index (χ1) is 10.4. The van der Waals surface area contributed by atoms with Crippen LogP contribution in [-0.2, 0) is 4.74 Å². The molecule has 3 heteroatoms. The lowest BCUT2D eigenvalue weighted by atomic mass is 9.93. The van der Waals surface area contributed by atoms with Crippen molar-refractivity contribution >= 4 is 10.8 Å². The summed E-state index contributed by atoms with van der Waals surface area (Å²) in [5.74, 6) is 0. The van der Waals surface area contributed by atoms with Crippen molar-refractivity contribution in [1.82, 2.24) is 10.3 Å². The molecule has 1 aromatic carbocycles. The summed E-state index contributed by atoms with van der Waals surface area (Å²) in [4.78, 5) is 4.23. The molecule has 0 saturated carbocycles. The van der Waals surface area contributed by atoms with E-state index in [4.69, 9.17) is 4.74 Å². The molecule has 0 amide bonds. The molecular weight excluding hydrogens is 260 g/mol. The van der Waals surface area contributed by atoms with Crippen molar-refractivity contribution < 1.29 is 4.74 Å². The van der Waals surface area contributed by atoms with Crippen LogP contribution in [0, 0.1) is 0 Å². The molecule has 1 fully saturated rings. The van der Waals surface area contributed by atoms with Gasteiger partial charge in [-0.15, -0.1) is 0 Å². The number of ether oxygens (including phenoxy) is 1. The maximum atomic E-state index is 5.94. The summed E-state index contributed by atoms with van der Waals surface area (Å²) in [6.07, 6.45) is 8.96. The van der Waals surface area contributed by atoms with Gasteiger partial charge in [0.15, 0.2) is 0 Å². The largest absolute Gasteiger partial charge is 0.378 e. The second-order valence-corrected chi connectivity index (χ2v) is 5.78. The molecule has 2 aromatic rings. The Bertz CT molecular complexity index is 573. The second-order valence-electron chi connectivity index (χ2n) is 5.78. The summed E-state index contributed by atoms with van der Waals surface area (Å²) in [6, 6.07) is 8.97. The van der Waals surface area contributed by atoms with Gasteiger partial charge in [0.25, 0.3) is 0 Å². The third kappa shape index (κ3) is 3.42. The summed E-state index contributed by atoms with van der Waals surface area (Å²) in [6.45, 7) is 4.06. The molecule has 21 heavy (non-hydrogen) atoms. The van der Waals surface area contributed by atoms with Gasteiger partial charge < -0.3 is 10.1 Å². The molecule has 2 atom stereocenters. The van der Waals surface area contributed by atoms with Crippen LogP contribution in [0.25, 0.3) is 10.8 Å². The van der Waals surface area contributed by atoms with Crippen LogP contribution in [0.1, 0.15) is 44.2 Å². The van der Waals surface area contributed by atoms with Gasteiger partial charge in [-0.3, -0.25) is 4.98 Å². The standard InChI is InChI=1S/C18H24N2O/c1-2-20-18(12-15-7-3-4-11-21-15)17-8-5-6-14-13-19-10-9-16(14)17/h5-6,8-10,13,15,18,20H,2-4,7,11-12H2,1H3. The number of nitrogens with zero attached hydrogens (tertiary/aromatic N) is 1. The summed E-state index contributed by atoms with van der Waals surface area (Å²) >= 11 is 0. The quantitative estimate of drug-likeness (QED) is 0.905. The zero-order valence-electron chi connectivity index (χ0n) is 12.7. The van der Waals surface area contributed by atoms with Crippen molar-refractivity contribution in [3.63, 3.8) is 0 Å². The SMILES string of the molecule is CCNC(CC1CCCCO1)c1cccc2cnccc12. The van der Waals surface area contributed by atoms with E-state index >= 15 is 0 Å². The molecule has 1 aromatic heterocycles. The van der Waals surface area contributed by atoms with Crippen LogP contribution in [0.4, 0.5) is 0 Å². The molecule has 1 N–H and O–H groups in total. The Morgan fingerprint density at radius 2 is 2.29 bits per heavy atom. The van der Waals surface area contributed by atoms with Gasteiger partial charge in [-0.2, -0.15) is 0 Å². The maximum Gasteiger partial charge on any atom is 0.0593 e. The van der Waals surface area contributed by atoms with Gasteiger partial charge in [-0.1, -0.05) is 25.1 Å². The van der Waals surface area contributed by atoms with E-state index in [2.05, 4.69) is 41.5 Å². The fourth-order valence-electron chi connectivity index (χ4n) is 3.27. The van der Waals surface area contributed by atoms with Crippen LogP contribution in [-0.4, -0.2) is 24.2 Å². The number of rotatable bonds is 5. The van der Waals surface area contributed by atoms with Crippen LogP contribution in [0.3, 0.4) is 0 Å². The van der Waals surface area contributed by atoms with Crippen molar-refractivity contribution in [2.24, 2.45) is 0 Å². The fourth-order valence-corrected chi connectivity index (χ4v) is 3.27.